The van der Waals surface area contributed by atoms with E-state index in [4.69, 9.17) is 0 Å². The van der Waals surface area contributed by atoms with Crippen LogP contribution in [0.5, 0.6) is 0 Å². The highest BCUT2D eigenvalue weighted by atomic mass is 16.6. The van der Waals surface area contributed by atoms with E-state index in [0.717, 1.165) is 24.3 Å². The van der Waals surface area contributed by atoms with E-state index in [1.165, 1.54) is 6.20 Å². The summed E-state index contributed by atoms with van der Waals surface area (Å²) < 4.78 is 0. The van der Waals surface area contributed by atoms with Crippen LogP contribution in [0.25, 0.3) is 0 Å². The second kappa shape index (κ2) is 4.31. The Morgan fingerprint density at radius 1 is 1.53 bits per heavy atom. The average Bonchev–Trinajstić information content (AvgIpc) is 2.60. The molecule has 2 heterocycles. The zero-order chi connectivity index (χ0) is 12.6. The first-order chi connectivity index (χ1) is 8.00. The van der Waals surface area contributed by atoms with Crippen molar-refractivity contribution in [2.24, 2.45) is 5.92 Å². The fraction of sp³-hybridized carbons (Fsp3) is 0.583. The first-order valence-corrected chi connectivity index (χ1v) is 5.88. The van der Waals surface area contributed by atoms with Gasteiger partial charge in [-0.3, -0.25) is 10.1 Å². The zero-order valence-corrected chi connectivity index (χ0v) is 10.4. The lowest BCUT2D eigenvalue weighted by Gasteiger charge is -2.25. The van der Waals surface area contributed by atoms with Gasteiger partial charge in [-0.05, 0) is 31.7 Å². The minimum Gasteiger partial charge on any atom is -0.353 e. The number of nitro groups is 1. The fourth-order valence-corrected chi connectivity index (χ4v) is 2.35. The van der Waals surface area contributed by atoms with Gasteiger partial charge in [-0.15, -0.1) is 0 Å². The Hall–Kier alpha value is -1.65. The van der Waals surface area contributed by atoms with Crippen molar-refractivity contribution in [1.82, 2.24) is 4.98 Å². The Kier molecular flexibility index (Phi) is 3.00. The van der Waals surface area contributed by atoms with Crippen LogP contribution in [0.1, 0.15) is 25.8 Å². The molecule has 2 unspecified atom stereocenters. The molecule has 5 nitrogen and oxygen atoms in total. The number of nitrogens with zero attached hydrogens (tertiary/aromatic N) is 3. The number of anilines is 1. The van der Waals surface area contributed by atoms with Gasteiger partial charge in [0.2, 0.25) is 0 Å². The Balaban J connectivity index is 2.31. The summed E-state index contributed by atoms with van der Waals surface area (Å²) in [6.45, 7) is 7.27. The maximum atomic E-state index is 10.7. The van der Waals surface area contributed by atoms with Crippen molar-refractivity contribution in [3.63, 3.8) is 0 Å². The number of aromatic nitrogens is 1. The molecule has 2 rings (SSSR count). The number of aryl methyl sites for hydroxylation is 1. The second-order valence-electron chi connectivity index (χ2n) is 4.79. The Bertz CT molecular complexity index is 447. The van der Waals surface area contributed by atoms with Crippen LogP contribution in [0.4, 0.5) is 11.5 Å². The summed E-state index contributed by atoms with van der Waals surface area (Å²) in [5, 5.41) is 10.7. The van der Waals surface area contributed by atoms with E-state index in [1.54, 1.807) is 6.07 Å². The maximum absolute atomic E-state index is 10.7. The van der Waals surface area contributed by atoms with Crippen LogP contribution < -0.4 is 4.90 Å². The molecule has 5 heteroatoms. The Labute approximate surface area is 101 Å². The van der Waals surface area contributed by atoms with E-state index in [-0.39, 0.29) is 5.69 Å². The topological polar surface area (TPSA) is 59.3 Å². The molecule has 0 saturated carbocycles. The van der Waals surface area contributed by atoms with Crippen molar-refractivity contribution in [2.45, 2.75) is 33.2 Å². The fourth-order valence-electron chi connectivity index (χ4n) is 2.35. The van der Waals surface area contributed by atoms with Gasteiger partial charge in [0.1, 0.15) is 12.0 Å². The average molecular weight is 235 g/mol. The molecule has 1 aromatic heterocycles. The van der Waals surface area contributed by atoms with Crippen molar-refractivity contribution in [3.8, 4) is 0 Å². The summed E-state index contributed by atoms with van der Waals surface area (Å²) in [6, 6.07) is 2.04. The molecule has 0 spiro atoms. The predicted molar refractivity (Wildman–Crippen MR) is 66.2 cm³/mol. The van der Waals surface area contributed by atoms with E-state index in [1.807, 2.05) is 6.92 Å². The van der Waals surface area contributed by atoms with Crippen LogP contribution in [0.3, 0.4) is 0 Å². The third kappa shape index (κ3) is 2.09. The van der Waals surface area contributed by atoms with Gasteiger partial charge < -0.3 is 4.90 Å². The molecule has 92 valence electrons. The van der Waals surface area contributed by atoms with Crippen LogP contribution in [0.15, 0.2) is 12.3 Å². The summed E-state index contributed by atoms with van der Waals surface area (Å²) in [5.41, 5.74) is 0.936. The third-order valence-corrected chi connectivity index (χ3v) is 3.66. The molecule has 1 fully saturated rings. The highest BCUT2D eigenvalue weighted by molar-refractivity contribution is 5.51. The van der Waals surface area contributed by atoms with Gasteiger partial charge in [-0.2, -0.15) is 0 Å². The highest BCUT2D eigenvalue weighted by Crippen LogP contribution is 2.31. The van der Waals surface area contributed by atoms with E-state index in [9.17, 15) is 10.1 Å². The minimum absolute atomic E-state index is 0.0612. The van der Waals surface area contributed by atoms with Gasteiger partial charge in [0.15, 0.2) is 0 Å². The summed E-state index contributed by atoms with van der Waals surface area (Å²) in [7, 11) is 0. The highest BCUT2D eigenvalue weighted by Gasteiger charge is 2.29. The number of pyridine rings is 1. The summed E-state index contributed by atoms with van der Waals surface area (Å²) in [4.78, 5) is 16.7. The number of rotatable bonds is 2. The molecule has 1 aliphatic heterocycles. The molecule has 1 aromatic rings. The second-order valence-corrected chi connectivity index (χ2v) is 4.79. The van der Waals surface area contributed by atoms with Gasteiger partial charge in [0, 0.05) is 18.7 Å². The molecule has 0 bridgehead atoms. The standard InChI is InChI=1S/C12H17N3O2/c1-8-4-5-14(10(8)3)12-9(2)6-11(7-13-12)15(16)17/h6-8,10H,4-5H2,1-3H3. The molecule has 0 aliphatic carbocycles. The SMILES string of the molecule is Cc1cc([N+](=O)[O-])cnc1N1CCC(C)C1C. The minimum atomic E-state index is -0.403. The van der Waals surface area contributed by atoms with Gasteiger partial charge >= 0.3 is 0 Å². The molecule has 1 saturated heterocycles. The Morgan fingerprint density at radius 2 is 2.24 bits per heavy atom. The first-order valence-electron chi connectivity index (χ1n) is 5.88. The summed E-state index contributed by atoms with van der Waals surface area (Å²) in [5.74, 6) is 1.53. The largest absolute Gasteiger partial charge is 0.353 e. The summed E-state index contributed by atoms with van der Waals surface area (Å²) in [6.07, 6.45) is 2.50. The van der Waals surface area contributed by atoms with Gasteiger partial charge in [-0.25, -0.2) is 4.98 Å². The van der Waals surface area contributed by atoms with Crippen molar-refractivity contribution >= 4 is 11.5 Å². The van der Waals surface area contributed by atoms with E-state index < -0.39 is 4.92 Å². The molecule has 0 radical (unpaired) electrons. The molecule has 17 heavy (non-hydrogen) atoms. The molecular weight excluding hydrogens is 218 g/mol. The number of hydrogen-bond donors (Lipinski definition) is 0. The molecule has 0 N–H and O–H groups in total. The molecule has 2 atom stereocenters. The Morgan fingerprint density at radius 3 is 2.71 bits per heavy atom. The quantitative estimate of drug-likeness (QED) is 0.583. The van der Waals surface area contributed by atoms with Crippen molar-refractivity contribution in [3.05, 3.63) is 27.9 Å². The molecule has 0 aromatic carbocycles. The van der Waals surface area contributed by atoms with Crippen molar-refractivity contribution in [2.75, 3.05) is 11.4 Å². The van der Waals surface area contributed by atoms with Gasteiger partial charge in [-0.1, -0.05) is 6.92 Å². The van der Waals surface area contributed by atoms with E-state index in [0.29, 0.717) is 12.0 Å². The van der Waals surface area contributed by atoms with Gasteiger partial charge in [0.25, 0.3) is 5.69 Å². The summed E-state index contributed by atoms with van der Waals surface area (Å²) >= 11 is 0. The maximum Gasteiger partial charge on any atom is 0.287 e. The molecular formula is C12H17N3O2. The first kappa shape index (κ1) is 11.8. The number of hydrogen-bond acceptors (Lipinski definition) is 4. The van der Waals surface area contributed by atoms with E-state index in [2.05, 4.69) is 23.7 Å². The van der Waals surface area contributed by atoms with Crippen molar-refractivity contribution in [1.29, 1.82) is 0 Å². The third-order valence-electron chi connectivity index (χ3n) is 3.66. The van der Waals surface area contributed by atoms with Crippen LogP contribution >= 0.6 is 0 Å². The van der Waals surface area contributed by atoms with Crippen LogP contribution in [0, 0.1) is 23.0 Å². The predicted octanol–water partition coefficient (Wildman–Crippen LogP) is 2.53. The van der Waals surface area contributed by atoms with Crippen LogP contribution in [0.2, 0.25) is 0 Å². The van der Waals surface area contributed by atoms with E-state index >= 15 is 0 Å². The lowest BCUT2D eigenvalue weighted by Crippen LogP contribution is -2.30. The monoisotopic (exact) mass is 235 g/mol. The normalized spacial score (nSPS) is 24.1. The lowest BCUT2D eigenvalue weighted by atomic mass is 10.1. The van der Waals surface area contributed by atoms with Gasteiger partial charge in [0.05, 0.1) is 4.92 Å². The van der Waals surface area contributed by atoms with Crippen LogP contribution in [-0.4, -0.2) is 22.5 Å². The zero-order valence-electron chi connectivity index (χ0n) is 10.4. The molecule has 1 aliphatic rings. The van der Waals surface area contributed by atoms with Crippen molar-refractivity contribution < 1.29 is 4.92 Å². The lowest BCUT2D eigenvalue weighted by molar-refractivity contribution is -0.385. The molecule has 0 amide bonds. The smallest absolute Gasteiger partial charge is 0.287 e. The van der Waals surface area contributed by atoms with Crippen LogP contribution in [-0.2, 0) is 0 Å².